The number of rotatable bonds is 6. The third kappa shape index (κ3) is 3.88. The molecule has 9 nitrogen and oxygen atoms in total. The Bertz CT molecular complexity index is 930. The smallest absolute Gasteiger partial charge is 0.271 e. The number of non-ortho nitro benzene ring substituents is 1. The van der Waals surface area contributed by atoms with Crippen LogP contribution in [0, 0.1) is 10.1 Å². The summed E-state index contributed by atoms with van der Waals surface area (Å²) in [5.74, 6) is 0.224. The van der Waals surface area contributed by atoms with Crippen LogP contribution in [0.5, 0.6) is 11.5 Å². The molecular weight excluding hydrogens is 366 g/mol. The second-order valence-electron chi connectivity index (χ2n) is 6.24. The molecule has 3 rings (SSSR count). The molecule has 0 atom stereocenters. The number of nitrogens with zero attached hydrogens (tertiary/aromatic N) is 3. The summed E-state index contributed by atoms with van der Waals surface area (Å²) in [6.45, 7) is -0.181. The van der Waals surface area contributed by atoms with Crippen molar-refractivity contribution in [1.29, 1.82) is 0 Å². The van der Waals surface area contributed by atoms with E-state index in [4.69, 9.17) is 9.47 Å². The number of para-hydroxylation sites is 1. The van der Waals surface area contributed by atoms with Crippen molar-refractivity contribution in [2.75, 3.05) is 32.2 Å². The van der Waals surface area contributed by atoms with Crippen molar-refractivity contribution < 1.29 is 24.0 Å². The number of hydrogen-bond acceptors (Lipinski definition) is 6. The number of nitro groups is 1. The third-order valence-electron chi connectivity index (χ3n) is 4.42. The molecule has 0 N–H and O–H groups in total. The molecule has 28 heavy (non-hydrogen) atoms. The maximum atomic E-state index is 12.7. The van der Waals surface area contributed by atoms with Crippen LogP contribution in [0.1, 0.15) is 5.56 Å². The summed E-state index contributed by atoms with van der Waals surface area (Å²) in [5.41, 5.74) is 0.853. The highest BCUT2D eigenvalue weighted by atomic mass is 16.6. The Morgan fingerprint density at radius 2 is 2.07 bits per heavy atom. The van der Waals surface area contributed by atoms with E-state index < -0.39 is 10.8 Å². The van der Waals surface area contributed by atoms with Gasteiger partial charge in [0.15, 0.2) is 6.61 Å². The summed E-state index contributed by atoms with van der Waals surface area (Å²) >= 11 is 0. The molecule has 146 valence electrons. The fourth-order valence-corrected chi connectivity index (χ4v) is 2.91. The minimum Gasteiger partial charge on any atom is -0.496 e. The Kier molecular flexibility index (Phi) is 5.44. The Hall–Kier alpha value is -3.62. The fraction of sp³-hybridized carbons (Fsp3) is 0.263. The lowest BCUT2D eigenvalue weighted by Gasteiger charge is -2.30. The van der Waals surface area contributed by atoms with Crippen LogP contribution in [0.4, 0.5) is 11.4 Å². The van der Waals surface area contributed by atoms with Gasteiger partial charge in [0.05, 0.1) is 17.7 Å². The predicted molar refractivity (Wildman–Crippen MR) is 100 cm³/mol. The minimum atomic E-state index is -0.562. The SMILES string of the molecule is COc1ccccc1CN(C)C(=O)CN1C(=O)COc2ccc([N+](=O)[O-])cc21. The minimum absolute atomic E-state index is 0.183. The highest BCUT2D eigenvalue weighted by Gasteiger charge is 2.30. The van der Waals surface area contributed by atoms with Crippen molar-refractivity contribution in [3.63, 3.8) is 0 Å². The van der Waals surface area contributed by atoms with Crippen LogP contribution in [0.3, 0.4) is 0 Å². The van der Waals surface area contributed by atoms with E-state index in [1.807, 2.05) is 18.2 Å². The quantitative estimate of drug-likeness (QED) is 0.557. The van der Waals surface area contributed by atoms with Gasteiger partial charge in [-0.15, -0.1) is 0 Å². The van der Waals surface area contributed by atoms with Crippen molar-refractivity contribution in [3.05, 3.63) is 58.1 Å². The van der Waals surface area contributed by atoms with Gasteiger partial charge in [-0.2, -0.15) is 0 Å². The van der Waals surface area contributed by atoms with Gasteiger partial charge in [-0.25, -0.2) is 0 Å². The van der Waals surface area contributed by atoms with Gasteiger partial charge in [-0.3, -0.25) is 24.6 Å². The maximum Gasteiger partial charge on any atom is 0.271 e. The Morgan fingerprint density at radius 1 is 1.32 bits per heavy atom. The molecular formula is C19H19N3O6. The first-order chi connectivity index (χ1) is 13.4. The summed E-state index contributed by atoms with van der Waals surface area (Å²) < 4.78 is 10.6. The number of methoxy groups -OCH3 is 1. The zero-order chi connectivity index (χ0) is 20.3. The molecule has 0 bridgehead atoms. The zero-order valence-electron chi connectivity index (χ0n) is 15.5. The van der Waals surface area contributed by atoms with Crippen molar-refractivity contribution >= 4 is 23.2 Å². The number of benzene rings is 2. The molecule has 0 aliphatic carbocycles. The number of nitro benzene ring substituents is 1. The molecule has 1 aliphatic heterocycles. The average Bonchev–Trinajstić information content (AvgIpc) is 2.69. The number of ether oxygens (including phenoxy) is 2. The van der Waals surface area contributed by atoms with Crippen molar-refractivity contribution in [2.24, 2.45) is 0 Å². The van der Waals surface area contributed by atoms with Gasteiger partial charge >= 0.3 is 0 Å². The highest BCUT2D eigenvalue weighted by Crippen LogP contribution is 2.35. The van der Waals surface area contributed by atoms with E-state index in [2.05, 4.69) is 0 Å². The Labute approximate surface area is 161 Å². The monoisotopic (exact) mass is 385 g/mol. The van der Waals surface area contributed by atoms with Gasteiger partial charge in [0, 0.05) is 31.3 Å². The van der Waals surface area contributed by atoms with Gasteiger partial charge in [0.1, 0.15) is 18.0 Å². The summed E-state index contributed by atoms with van der Waals surface area (Å²) in [5, 5.41) is 11.0. The molecule has 1 aliphatic rings. The molecule has 0 saturated carbocycles. The van der Waals surface area contributed by atoms with Crippen LogP contribution in [-0.2, 0) is 16.1 Å². The first-order valence-electron chi connectivity index (χ1n) is 8.48. The van der Waals surface area contributed by atoms with Crippen LogP contribution >= 0.6 is 0 Å². The summed E-state index contributed by atoms with van der Waals surface area (Å²) in [6, 6.07) is 11.3. The Morgan fingerprint density at radius 3 is 2.79 bits per heavy atom. The lowest BCUT2D eigenvalue weighted by molar-refractivity contribution is -0.384. The predicted octanol–water partition coefficient (Wildman–Crippen LogP) is 1.99. The van der Waals surface area contributed by atoms with E-state index in [-0.39, 0.29) is 30.4 Å². The number of hydrogen-bond donors (Lipinski definition) is 0. The molecule has 0 fully saturated rings. The number of anilines is 1. The number of likely N-dealkylation sites (N-methyl/N-ethyl adjacent to an activating group) is 1. The maximum absolute atomic E-state index is 12.7. The molecule has 0 unspecified atom stereocenters. The largest absolute Gasteiger partial charge is 0.496 e. The lowest BCUT2D eigenvalue weighted by atomic mass is 10.2. The van der Waals surface area contributed by atoms with Gasteiger partial charge in [-0.1, -0.05) is 18.2 Å². The van der Waals surface area contributed by atoms with E-state index in [1.165, 1.54) is 28.0 Å². The molecule has 0 saturated heterocycles. The number of amides is 2. The van der Waals surface area contributed by atoms with Crippen LogP contribution < -0.4 is 14.4 Å². The summed E-state index contributed by atoms with van der Waals surface area (Å²) in [4.78, 5) is 38.2. The standard InChI is InChI=1S/C19H19N3O6/c1-20(10-13-5-3-4-6-16(13)27-2)18(23)11-21-15-9-14(22(25)26)7-8-17(15)28-12-19(21)24/h3-9H,10-12H2,1-2H3. The van der Waals surface area contributed by atoms with Crippen LogP contribution in [0.2, 0.25) is 0 Å². The molecule has 0 spiro atoms. The van der Waals surface area contributed by atoms with E-state index in [0.717, 1.165) is 5.56 Å². The van der Waals surface area contributed by atoms with E-state index in [1.54, 1.807) is 20.2 Å². The molecule has 9 heteroatoms. The van der Waals surface area contributed by atoms with Crippen molar-refractivity contribution in [1.82, 2.24) is 4.90 Å². The number of fused-ring (bicyclic) bond motifs is 1. The molecule has 0 radical (unpaired) electrons. The topological polar surface area (TPSA) is 102 Å². The summed E-state index contributed by atoms with van der Waals surface area (Å²) in [6.07, 6.45) is 0. The van der Waals surface area contributed by atoms with E-state index in [0.29, 0.717) is 18.0 Å². The van der Waals surface area contributed by atoms with Crippen LogP contribution in [-0.4, -0.2) is 48.9 Å². The van der Waals surface area contributed by atoms with E-state index in [9.17, 15) is 19.7 Å². The van der Waals surface area contributed by atoms with Crippen LogP contribution in [0.15, 0.2) is 42.5 Å². The lowest BCUT2D eigenvalue weighted by Crippen LogP contribution is -2.45. The van der Waals surface area contributed by atoms with Gasteiger partial charge in [0.25, 0.3) is 11.6 Å². The van der Waals surface area contributed by atoms with Gasteiger partial charge < -0.3 is 14.4 Å². The van der Waals surface area contributed by atoms with Gasteiger partial charge in [-0.05, 0) is 12.1 Å². The van der Waals surface area contributed by atoms with Gasteiger partial charge in [0.2, 0.25) is 5.91 Å². The highest BCUT2D eigenvalue weighted by molar-refractivity contribution is 6.02. The average molecular weight is 385 g/mol. The second-order valence-corrected chi connectivity index (χ2v) is 6.24. The van der Waals surface area contributed by atoms with Crippen molar-refractivity contribution in [3.8, 4) is 11.5 Å². The first kappa shape index (κ1) is 19.2. The fourth-order valence-electron chi connectivity index (χ4n) is 2.91. The molecule has 0 aromatic heterocycles. The zero-order valence-corrected chi connectivity index (χ0v) is 15.5. The molecule has 2 aromatic carbocycles. The Balaban J connectivity index is 1.79. The molecule has 2 amide bonds. The number of carbonyl (C=O) groups excluding carboxylic acids is 2. The second kappa shape index (κ2) is 7.95. The molecule has 1 heterocycles. The molecule has 2 aromatic rings. The third-order valence-corrected chi connectivity index (χ3v) is 4.42. The number of carbonyl (C=O) groups is 2. The summed E-state index contributed by atoms with van der Waals surface area (Å²) in [7, 11) is 3.17. The normalized spacial score (nSPS) is 12.8. The van der Waals surface area contributed by atoms with Crippen molar-refractivity contribution in [2.45, 2.75) is 6.54 Å². The first-order valence-corrected chi connectivity index (χ1v) is 8.48. The van der Waals surface area contributed by atoms with E-state index >= 15 is 0 Å². The van der Waals surface area contributed by atoms with Crippen LogP contribution in [0.25, 0.3) is 0 Å².